The van der Waals surface area contributed by atoms with E-state index in [0.29, 0.717) is 31.1 Å². The van der Waals surface area contributed by atoms with Gasteiger partial charge in [-0.2, -0.15) is 5.21 Å². The number of amides is 2. The van der Waals surface area contributed by atoms with Gasteiger partial charge >= 0.3 is 0 Å². The summed E-state index contributed by atoms with van der Waals surface area (Å²) in [4.78, 5) is 26.6. The van der Waals surface area contributed by atoms with Gasteiger partial charge in [-0.05, 0) is 53.2 Å². The molecule has 10 heteroatoms. The lowest BCUT2D eigenvalue weighted by atomic mass is 9.91. The minimum atomic E-state index is -0.783. The van der Waals surface area contributed by atoms with Crippen molar-refractivity contribution in [2.45, 2.75) is 57.0 Å². The normalized spacial score (nSPS) is 20.1. The summed E-state index contributed by atoms with van der Waals surface area (Å²) in [5, 5.41) is 24.0. The molecule has 0 saturated carbocycles. The molecule has 2 aliphatic heterocycles. The number of rotatable bonds is 11. The molecule has 1 aromatic heterocycles. The zero-order valence-corrected chi connectivity index (χ0v) is 23.3. The number of carbonyl (C=O) groups is 2. The molecule has 0 spiro atoms. The molecule has 3 aromatic carbocycles. The van der Waals surface area contributed by atoms with E-state index < -0.39 is 6.04 Å². The first kappa shape index (κ1) is 27.7. The number of ether oxygens (including phenoxy) is 1. The van der Waals surface area contributed by atoms with Crippen molar-refractivity contribution in [3.63, 3.8) is 0 Å². The number of fused-ring (bicyclic) bond motifs is 2. The van der Waals surface area contributed by atoms with Crippen LogP contribution >= 0.6 is 0 Å². The third-order valence-electron chi connectivity index (χ3n) is 8.12. The Morgan fingerprint density at radius 2 is 1.60 bits per heavy atom. The third-order valence-corrected chi connectivity index (χ3v) is 8.12. The minimum absolute atomic E-state index is 0.0681. The fourth-order valence-corrected chi connectivity index (χ4v) is 5.93. The molecule has 42 heavy (non-hydrogen) atoms. The number of H-pyrrole nitrogens is 1. The Morgan fingerprint density at radius 3 is 2.31 bits per heavy atom. The summed E-state index contributed by atoms with van der Waals surface area (Å²) in [6.45, 7) is 0.787. The van der Waals surface area contributed by atoms with Crippen LogP contribution < -0.4 is 16.0 Å². The van der Waals surface area contributed by atoms with E-state index in [1.165, 1.54) is 0 Å². The summed E-state index contributed by atoms with van der Waals surface area (Å²) in [5.74, 6) is 0.110. The van der Waals surface area contributed by atoms with E-state index in [-0.39, 0.29) is 24.3 Å². The molecule has 3 unspecified atom stereocenters. The second-order valence-corrected chi connectivity index (χ2v) is 11.1. The molecular formula is C32H35N7O3. The lowest BCUT2D eigenvalue weighted by Gasteiger charge is -2.29. The van der Waals surface area contributed by atoms with Gasteiger partial charge in [0.05, 0.1) is 13.2 Å². The van der Waals surface area contributed by atoms with Crippen molar-refractivity contribution in [3.05, 3.63) is 90.0 Å². The average Bonchev–Trinajstić information content (AvgIpc) is 3.69. The van der Waals surface area contributed by atoms with Gasteiger partial charge in [-0.25, -0.2) is 0 Å². The van der Waals surface area contributed by atoms with Crippen molar-refractivity contribution < 1.29 is 14.3 Å². The van der Waals surface area contributed by atoms with E-state index in [1.54, 1.807) is 0 Å². The molecule has 4 aromatic rings. The second-order valence-electron chi connectivity index (χ2n) is 11.1. The minimum Gasteiger partial charge on any atom is -0.374 e. The highest BCUT2D eigenvalue weighted by atomic mass is 16.5. The first-order valence-electron chi connectivity index (χ1n) is 14.5. The van der Waals surface area contributed by atoms with Gasteiger partial charge in [0.1, 0.15) is 6.04 Å². The van der Waals surface area contributed by atoms with Crippen molar-refractivity contribution in [3.8, 4) is 22.5 Å². The van der Waals surface area contributed by atoms with Gasteiger partial charge in [0.2, 0.25) is 17.6 Å². The maximum atomic E-state index is 13.3. The van der Waals surface area contributed by atoms with Crippen LogP contribution in [0, 0.1) is 5.92 Å². The van der Waals surface area contributed by atoms with E-state index in [2.05, 4.69) is 36.6 Å². The second kappa shape index (κ2) is 13.1. The van der Waals surface area contributed by atoms with Gasteiger partial charge in [0.25, 0.3) is 0 Å². The largest absolute Gasteiger partial charge is 0.374 e. The third kappa shape index (κ3) is 6.72. The number of hydrogen-bond donors (Lipinski definition) is 4. The number of hydrogen-bond acceptors (Lipinski definition) is 7. The van der Waals surface area contributed by atoms with Gasteiger partial charge in [0, 0.05) is 30.1 Å². The Labute approximate surface area is 244 Å². The topological polar surface area (TPSA) is 134 Å². The number of aromatic amines is 1. The molecule has 4 N–H and O–H groups in total. The van der Waals surface area contributed by atoms with Crippen molar-refractivity contribution in [1.29, 1.82) is 0 Å². The number of nitrogens with zero attached hydrogens (tertiary/aromatic N) is 3. The summed E-state index contributed by atoms with van der Waals surface area (Å²) in [5.41, 5.74) is 4.82. The van der Waals surface area contributed by atoms with E-state index >= 15 is 0 Å². The van der Waals surface area contributed by atoms with E-state index in [0.717, 1.165) is 53.5 Å². The van der Waals surface area contributed by atoms with Crippen LogP contribution in [0.2, 0.25) is 0 Å². The maximum Gasteiger partial charge on any atom is 0.245 e. The van der Waals surface area contributed by atoms with Gasteiger partial charge in [-0.15, -0.1) is 10.2 Å². The van der Waals surface area contributed by atoms with Crippen molar-refractivity contribution in [1.82, 2.24) is 36.6 Å². The zero-order chi connectivity index (χ0) is 28.7. The molecule has 216 valence electrons. The van der Waals surface area contributed by atoms with Crippen molar-refractivity contribution in [2.75, 3.05) is 6.61 Å². The van der Waals surface area contributed by atoms with Crippen molar-refractivity contribution >= 4 is 11.8 Å². The first-order valence-corrected chi connectivity index (χ1v) is 14.5. The van der Waals surface area contributed by atoms with Crippen LogP contribution in [0.5, 0.6) is 0 Å². The highest BCUT2D eigenvalue weighted by Crippen LogP contribution is 2.31. The lowest BCUT2D eigenvalue weighted by Crippen LogP contribution is -2.52. The number of benzene rings is 3. The zero-order valence-electron chi connectivity index (χ0n) is 23.3. The summed E-state index contributed by atoms with van der Waals surface area (Å²) < 4.78 is 5.90. The van der Waals surface area contributed by atoms with Gasteiger partial charge < -0.3 is 20.7 Å². The van der Waals surface area contributed by atoms with Crippen molar-refractivity contribution in [2.24, 2.45) is 5.92 Å². The Balaban J connectivity index is 1.09. The van der Waals surface area contributed by atoms with Crippen LogP contribution in [0.15, 0.2) is 78.9 Å². The van der Waals surface area contributed by atoms with Gasteiger partial charge in [-0.3, -0.25) is 9.59 Å². The lowest BCUT2D eigenvalue weighted by molar-refractivity contribution is -0.133. The van der Waals surface area contributed by atoms with Gasteiger partial charge in [0.15, 0.2) is 0 Å². The maximum absolute atomic E-state index is 13.3. The molecule has 2 saturated heterocycles. The Bertz CT molecular complexity index is 1470. The van der Waals surface area contributed by atoms with Crippen LogP contribution in [-0.4, -0.2) is 57.2 Å². The smallest absolute Gasteiger partial charge is 0.245 e. The monoisotopic (exact) mass is 565 g/mol. The van der Waals surface area contributed by atoms with Crippen LogP contribution in [0.25, 0.3) is 22.5 Å². The predicted molar refractivity (Wildman–Crippen MR) is 158 cm³/mol. The summed E-state index contributed by atoms with van der Waals surface area (Å²) in [6, 6.07) is 25.6. The number of piperidine rings is 1. The number of nitrogens with one attached hydrogen (secondary N) is 4. The molecule has 0 aliphatic carbocycles. The molecule has 2 amide bonds. The molecule has 0 radical (unpaired) electrons. The molecule has 2 fully saturated rings. The quantitative estimate of drug-likeness (QED) is 0.219. The first-order chi connectivity index (χ1) is 20.6. The highest BCUT2D eigenvalue weighted by molar-refractivity contribution is 5.88. The van der Waals surface area contributed by atoms with E-state index in [4.69, 9.17) is 4.74 Å². The van der Waals surface area contributed by atoms with Crippen LogP contribution in [0.3, 0.4) is 0 Å². The fraction of sp³-hybridized carbons (Fsp3) is 0.344. The number of tetrazole rings is 1. The average molecular weight is 566 g/mol. The summed E-state index contributed by atoms with van der Waals surface area (Å²) in [6.07, 6.45) is 3.84. The van der Waals surface area contributed by atoms with Gasteiger partial charge in [-0.1, -0.05) is 78.9 Å². The van der Waals surface area contributed by atoms with Crippen LogP contribution in [-0.2, 0) is 27.5 Å². The molecule has 2 aliphatic rings. The summed E-state index contributed by atoms with van der Waals surface area (Å²) >= 11 is 0. The SMILES string of the molecule is O=C(NC(COCc1ccccc1)C(=O)NCc1ccc(-c2ccccc2-c2nn[nH]n2)cc1)C1CC2CCC(C1)N2. The Kier molecular flexibility index (Phi) is 8.62. The fourth-order valence-electron chi connectivity index (χ4n) is 5.93. The molecule has 6 rings (SSSR count). The standard InChI is InChI=1S/C32H35N7O3/c40-31(24-16-25-14-15-26(17-24)34-25)35-29(20-42-19-22-6-2-1-3-7-22)32(41)33-18-21-10-12-23(13-11-21)27-8-4-5-9-28(27)30-36-38-39-37-30/h1-13,24-26,29,34H,14-20H2,(H,33,41)(H,35,40)(H,36,37,38,39). The Morgan fingerprint density at radius 1 is 0.881 bits per heavy atom. The molecule has 3 atom stereocenters. The Hall–Kier alpha value is -4.41. The number of aromatic nitrogens is 4. The predicted octanol–water partition coefficient (Wildman–Crippen LogP) is 3.38. The molecular weight excluding hydrogens is 530 g/mol. The van der Waals surface area contributed by atoms with E-state index in [9.17, 15) is 9.59 Å². The van der Waals surface area contributed by atoms with E-state index in [1.807, 2.05) is 78.9 Å². The molecule has 2 bridgehead atoms. The van der Waals surface area contributed by atoms with Crippen LogP contribution in [0.1, 0.15) is 36.8 Å². The molecule has 10 nitrogen and oxygen atoms in total. The molecule has 3 heterocycles. The highest BCUT2D eigenvalue weighted by Gasteiger charge is 2.37. The number of carbonyl (C=O) groups excluding carboxylic acids is 2. The van der Waals surface area contributed by atoms with Crippen LogP contribution in [0.4, 0.5) is 0 Å². The summed E-state index contributed by atoms with van der Waals surface area (Å²) in [7, 11) is 0.